The van der Waals surface area contributed by atoms with Crippen molar-refractivity contribution < 1.29 is 28.8 Å². The van der Waals surface area contributed by atoms with Gasteiger partial charge in [0, 0.05) is 24.8 Å². The fraction of sp³-hybridized carbons (Fsp3) is 0.529. The second kappa shape index (κ2) is 8.80. The van der Waals surface area contributed by atoms with Gasteiger partial charge >= 0.3 is 5.97 Å². The average Bonchev–Trinajstić information content (AvgIpc) is 3.01. The third kappa shape index (κ3) is 3.76. The molecule has 0 aliphatic heterocycles. The summed E-state index contributed by atoms with van der Waals surface area (Å²) in [7, 11) is 1.50. The molecule has 8 nitrogen and oxygen atoms in total. The van der Waals surface area contributed by atoms with Crippen molar-refractivity contribution >= 4 is 11.5 Å². The number of hydrogen-bond acceptors (Lipinski definition) is 7. The predicted octanol–water partition coefficient (Wildman–Crippen LogP) is 2.08. The van der Waals surface area contributed by atoms with Gasteiger partial charge in [-0.25, -0.2) is 4.79 Å². The lowest BCUT2D eigenvalue weighted by molar-refractivity contribution is -0.143. The zero-order valence-corrected chi connectivity index (χ0v) is 14.9. The van der Waals surface area contributed by atoms with Crippen LogP contribution in [-0.2, 0) is 20.8 Å². The van der Waals surface area contributed by atoms with E-state index in [4.69, 9.17) is 18.9 Å². The summed E-state index contributed by atoms with van der Waals surface area (Å²) in [4.78, 5) is 12.6. The van der Waals surface area contributed by atoms with E-state index in [1.165, 1.54) is 11.6 Å². The SMILES string of the molecule is CCOC(=O)c1c(C(OCC)OCC)nn2c(OC)ccc(CO)c12. The fourth-order valence-electron chi connectivity index (χ4n) is 2.57. The van der Waals surface area contributed by atoms with Crippen molar-refractivity contribution in [2.75, 3.05) is 26.9 Å². The van der Waals surface area contributed by atoms with Gasteiger partial charge in [-0.3, -0.25) is 0 Å². The second-order valence-corrected chi connectivity index (χ2v) is 5.04. The molecule has 8 heteroatoms. The topological polar surface area (TPSA) is 91.5 Å². The first-order valence-corrected chi connectivity index (χ1v) is 8.22. The molecule has 2 rings (SSSR count). The molecule has 0 unspecified atom stereocenters. The Bertz CT molecular complexity index is 721. The number of carbonyl (C=O) groups excluding carboxylic acids is 1. The van der Waals surface area contributed by atoms with Crippen LogP contribution in [0.15, 0.2) is 12.1 Å². The molecule has 0 spiro atoms. The molecule has 0 amide bonds. The first-order valence-electron chi connectivity index (χ1n) is 8.22. The summed E-state index contributed by atoms with van der Waals surface area (Å²) in [5.41, 5.74) is 1.44. The average molecular weight is 352 g/mol. The standard InChI is InChI=1S/C17H24N2O6/c1-5-23-16(21)13-14(17(24-6-2)25-7-3)18-19-12(22-4)9-8-11(10-20)15(13)19/h8-9,17,20H,5-7,10H2,1-4H3. The largest absolute Gasteiger partial charge is 0.481 e. The normalized spacial score (nSPS) is 11.3. The highest BCUT2D eigenvalue weighted by molar-refractivity contribution is 5.99. The van der Waals surface area contributed by atoms with E-state index >= 15 is 0 Å². The second-order valence-electron chi connectivity index (χ2n) is 5.04. The minimum atomic E-state index is -0.828. The Labute approximate surface area is 146 Å². The number of esters is 1. The highest BCUT2D eigenvalue weighted by atomic mass is 16.7. The lowest BCUT2D eigenvalue weighted by Gasteiger charge is -2.15. The maximum absolute atomic E-state index is 12.6. The summed E-state index contributed by atoms with van der Waals surface area (Å²) >= 11 is 0. The van der Waals surface area contributed by atoms with Gasteiger partial charge < -0.3 is 24.1 Å². The minimum Gasteiger partial charge on any atom is -0.481 e. The van der Waals surface area contributed by atoms with Crippen LogP contribution in [0.4, 0.5) is 0 Å². The molecule has 0 saturated carbocycles. The minimum absolute atomic E-state index is 0.205. The molecule has 0 atom stereocenters. The van der Waals surface area contributed by atoms with Gasteiger partial charge in [0.25, 0.3) is 0 Å². The number of fused-ring (bicyclic) bond motifs is 1. The van der Waals surface area contributed by atoms with Crippen molar-refractivity contribution in [2.45, 2.75) is 33.7 Å². The molecule has 1 N–H and O–H groups in total. The number of carbonyl (C=O) groups is 1. The smallest absolute Gasteiger partial charge is 0.342 e. The molecule has 0 saturated heterocycles. The zero-order valence-electron chi connectivity index (χ0n) is 14.9. The van der Waals surface area contributed by atoms with Gasteiger partial charge in [-0.15, -0.1) is 0 Å². The van der Waals surface area contributed by atoms with E-state index in [2.05, 4.69) is 5.10 Å². The van der Waals surface area contributed by atoms with Crippen molar-refractivity contribution in [1.29, 1.82) is 0 Å². The Kier molecular flexibility index (Phi) is 6.74. The van der Waals surface area contributed by atoms with Gasteiger partial charge in [0.05, 0.1) is 25.8 Å². The van der Waals surface area contributed by atoms with E-state index in [1.807, 2.05) is 13.8 Å². The molecule has 25 heavy (non-hydrogen) atoms. The van der Waals surface area contributed by atoms with Gasteiger partial charge in [-0.1, -0.05) is 0 Å². The Hall–Kier alpha value is -2.16. The number of aromatic nitrogens is 2. The molecular formula is C17H24N2O6. The Morgan fingerprint density at radius 2 is 1.88 bits per heavy atom. The summed E-state index contributed by atoms with van der Waals surface area (Å²) in [5.74, 6) is -0.143. The highest BCUT2D eigenvalue weighted by Crippen LogP contribution is 2.31. The summed E-state index contributed by atoms with van der Waals surface area (Å²) in [6.07, 6.45) is -0.828. The maximum atomic E-state index is 12.6. The molecule has 138 valence electrons. The lowest BCUT2D eigenvalue weighted by Crippen LogP contribution is -2.15. The first-order chi connectivity index (χ1) is 12.1. The molecular weight excluding hydrogens is 328 g/mol. The Balaban J connectivity index is 2.78. The summed E-state index contributed by atoms with van der Waals surface area (Å²) in [6, 6.07) is 3.35. The van der Waals surface area contributed by atoms with Crippen LogP contribution in [-0.4, -0.2) is 47.6 Å². The van der Waals surface area contributed by atoms with E-state index in [9.17, 15) is 9.90 Å². The van der Waals surface area contributed by atoms with E-state index in [0.717, 1.165) is 0 Å². The van der Waals surface area contributed by atoms with Crippen molar-refractivity contribution in [3.63, 3.8) is 0 Å². The van der Waals surface area contributed by atoms with Crippen LogP contribution in [0.1, 0.15) is 48.7 Å². The number of rotatable bonds is 9. The van der Waals surface area contributed by atoms with Crippen LogP contribution in [0.25, 0.3) is 5.52 Å². The third-order valence-electron chi connectivity index (χ3n) is 3.57. The number of aliphatic hydroxyl groups excluding tert-OH is 1. The van der Waals surface area contributed by atoms with Gasteiger partial charge in [0.1, 0.15) is 11.3 Å². The molecule has 0 aliphatic rings. The summed E-state index contributed by atoms with van der Waals surface area (Å²) in [6.45, 7) is 6.08. The number of nitrogens with zero attached hydrogens (tertiary/aromatic N) is 2. The van der Waals surface area contributed by atoms with Crippen molar-refractivity contribution in [3.05, 3.63) is 29.0 Å². The Morgan fingerprint density at radius 3 is 2.40 bits per heavy atom. The molecule has 0 bridgehead atoms. The first kappa shape index (κ1) is 19.2. The van der Waals surface area contributed by atoms with Crippen LogP contribution in [0, 0.1) is 0 Å². The van der Waals surface area contributed by atoms with Gasteiger partial charge in [0.2, 0.25) is 12.2 Å². The molecule has 0 fully saturated rings. The number of aliphatic hydroxyl groups is 1. The fourth-order valence-corrected chi connectivity index (χ4v) is 2.57. The monoisotopic (exact) mass is 352 g/mol. The van der Waals surface area contributed by atoms with Gasteiger partial charge in [-0.2, -0.15) is 9.61 Å². The van der Waals surface area contributed by atoms with Gasteiger partial charge in [0.15, 0.2) is 0 Å². The van der Waals surface area contributed by atoms with Crippen LogP contribution < -0.4 is 4.74 Å². The van der Waals surface area contributed by atoms with E-state index in [1.54, 1.807) is 19.1 Å². The number of hydrogen-bond donors (Lipinski definition) is 1. The highest BCUT2D eigenvalue weighted by Gasteiger charge is 2.30. The van der Waals surface area contributed by atoms with Crippen molar-refractivity contribution in [1.82, 2.24) is 9.61 Å². The molecule has 0 aliphatic carbocycles. The Morgan fingerprint density at radius 1 is 1.20 bits per heavy atom. The molecule has 2 aromatic rings. The summed E-state index contributed by atoms with van der Waals surface area (Å²) < 4.78 is 23.2. The quantitative estimate of drug-likeness (QED) is 0.546. The van der Waals surface area contributed by atoms with Gasteiger partial charge in [-0.05, 0) is 26.8 Å². The molecule has 0 aromatic carbocycles. The van der Waals surface area contributed by atoms with Crippen LogP contribution in [0.5, 0.6) is 5.88 Å². The zero-order chi connectivity index (χ0) is 18.4. The maximum Gasteiger partial charge on any atom is 0.342 e. The van der Waals surface area contributed by atoms with Crippen molar-refractivity contribution in [2.24, 2.45) is 0 Å². The lowest BCUT2D eigenvalue weighted by atomic mass is 10.1. The molecule has 2 heterocycles. The van der Waals surface area contributed by atoms with Crippen LogP contribution in [0.2, 0.25) is 0 Å². The van der Waals surface area contributed by atoms with Crippen LogP contribution >= 0.6 is 0 Å². The van der Waals surface area contributed by atoms with E-state index in [-0.39, 0.29) is 18.8 Å². The summed E-state index contributed by atoms with van der Waals surface area (Å²) in [5, 5.41) is 14.2. The van der Waals surface area contributed by atoms with Crippen molar-refractivity contribution in [3.8, 4) is 5.88 Å². The number of ether oxygens (including phenoxy) is 4. The predicted molar refractivity (Wildman–Crippen MR) is 89.6 cm³/mol. The van der Waals surface area contributed by atoms with E-state index < -0.39 is 12.3 Å². The van der Waals surface area contributed by atoms with E-state index in [0.29, 0.717) is 35.9 Å². The number of pyridine rings is 1. The molecule has 2 aromatic heterocycles. The van der Waals surface area contributed by atoms with Crippen LogP contribution in [0.3, 0.4) is 0 Å². The molecule has 0 radical (unpaired) electrons. The third-order valence-corrected chi connectivity index (χ3v) is 3.57. The number of methoxy groups -OCH3 is 1.